The number of hydrogen-bond donors (Lipinski definition) is 1. The van der Waals surface area contributed by atoms with Gasteiger partial charge in [-0.25, -0.2) is 4.79 Å². The van der Waals surface area contributed by atoms with E-state index in [0.29, 0.717) is 17.4 Å². The highest BCUT2D eigenvalue weighted by Crippen LogP contribution is 2.19. The number of carbonyl (C=O) groups is 3. The highest BCUT2D eigenvalue weighted by molar-refractivity contribution is 5.71. The Morgan fingerprint density at radius 1 is 0.356 bits per heavy atom. The summed E-state index contributed by atoms with van der Waals surface area (Å²) < 4.78 is 23.0. The molecule has 0 bridgehead atoms. The van der Waals surface area contributed by atoms with E-state index < -0.39 is 18.4 Å². The molecule has 0 heterocycles. The second-order valence-corrected chi connectivity index (χ2v) is 26.2. The van der Waals surface area contributed by atoms with Crippen molar-refractivity contribution in [3.05, 3.63) is 72.9 Å². The van der Waals surface area contributed by atoms with Crippen LogP contribution in [0, 0.1) is 0 Å². The lowest BCUT2D eigenvalue weighted by atomic mass is 10.0. The average molecular weight is 1220 g/mol. The Hall–Kier alpha value is -3.27. The summed E-state index contributed by atoms with van der Waals surface area (Å²) in [6.07, 6.45) is 89.0. The first-order chi connectivity index (χ1) is 42.6. The number of esters is 2. The molecular formula is C78H142NO8+. The number of likely N-dealkylation sites (N-methyl/N-ethyl adjacent to an activating group) is 1. The number of carboxylic acid groups (broad SMARTS) is 1. The molecule has 0 saturated carbocycles. The van der Waals surface area contributed by atoms with Gasteiger partial charge in [0.05, 0.1) is 34.4 Å². The number of hydrogen-bond acceptors (Lipinski definition) is 7. The first kappa shape index (κ1) is 83.7. The quantitative estimate of drug-likeness (QED) is 0.0211. The molecule has 0 aromatic rings. The molecule has 0 fully saturated rings. The van der Waals surface area contributed by atoms with Crippen molar-refractivity contribution in [3.63, 3.8) is 0 Å². The van der Waals surface area contributed by atoms with Gasteiger partial charge in [-0.05, 0) is 83.5 Å². The normalized spacial score (nSPS) is 13.1. The maximum absolute atomic E-state index is 13.0. The lowest BCUT2D eigenvalue weighted by Crippen LogP contribution is -2.40. The summed E-state index contributed by atoms with van der Waals surface area (Å²) in [6, 6.07) is 0. The maximum atomic E-state index is 13.0. The van der Waals surface area contributed by atoms with Crippen molar-refractivity contribution < 1.29 is 42.9 Å². The molecule has 0 rings (SSSR count). The van der Waals surface area contributed by atoms with Crippen LogP contribution < -0.4 is 0 Å². The Balaban J connectivity index is 3.99. The van der Waals surface area contributed by atoms with Crippen LogP contribution in [0.2, 0.25) is 0 Å². The molecule has 0 spiro atoms. The van der Waals surface area contributed by atoms with Crippen LogP contribution in [0.15, 0.2) is 72.9 Å². The molecule has 0 aromatic carbocycles. The second kappa shape index (κ2) is 68.6. The van der Waals surface area contributed by atoms with Crippen LogP contribution in [0.25, 0.3) is 0 Å². The predicted octanol–water partition coefficient (Wildman–Crippen LogP) is 23.3. The first-order valence-corrected chi connectivity index (χ1v) is 37.1. The van der Waals surface area contributed by atoms with E-state index >= 15 is 0 Å². The Kier molecular flexibility index (Phi) is 66.1. The summed E-state index contributed by atoms with van der Waals surface area (Å²) in [5.74, 6) is -1.99. The van der Waals surface area contributed by atoms with Crippen molar-refractivity contribution in [3.8, 4) is 0 Å². The monoisotopic (exact) mass is 1220 g/mol. The van der Waals surface area contributed by atoms with Crippen molar-refractivity contribution >= 4 is 17.9 Å². The standard InChI is InChI=1S/C78H141NO8/c1-6-8-10-12-14-16-18-20-22-24-26-28-30-31-32-33-34-35-36-37-38-39-40-41-42-43-44-45-47-49-51-53-55-57-59-61-63-65-67-69-76(81)87-74(73-86-78(77(82)83)84-71-70-79(3,4)5)72-85-75(80)68-66-64-62-60-58-56-54-52-50-48-46-29-27-25-23-21-19-17-15-13-11-9-7-2/h8,10,14,16,19-22,25-28,74,78H,6-7,9,11-13,15,17-18,23-24,29-73H2,1-5H3/p+1/b10-8-,16-14-,21-19-,22-20-,27-25-,28-26-. The minimum atomic E-state index is -1.51. The number of nitrogens with zero attached hydrogens (tertiary/aromatic N) is 1. The van der Waals surface area contributed by atoms with Crippen molar-refractivity contribution in [1.29, 1.82) is 0 Å². The van der Waals surface area contributed by atoms with Gasteiger partial charge in [0.15, 0.2) is 6.10 Å². The van der Waals surface area contributed by atoms with Gasteiger partial charge in [-0.3, -0.25) is 9.59 Å². The number of aliphatic carboxylic acids is 1. The average Bonchev–Trinajstić information content (AvgIpc) is 3.55. The predicted molar refractivity (Wildman–Crippen MR) is 373 cm³/mol. The molecule has 87 heavy (non-hydrogen) atoms. The zero-order valence-corrected chi connectivity index (χ0v) is 57.9. The Morgan fingerprint density at radius 3 is 0.977 bits per heavy atom. The third-order valence-electron chi connectivity index (χ3n) is 16.4. The smallest absolute Gasteiger partial charge is 0.361 e. The van der Waals surface area contributed by atoms with Crippen LogP contribution in [-0.4, -0.2) is 87.4 Å². The molecule has 9 heteroatoms. The van der Waals surface area contributed by atoms with Gasteiger partial charge in [0.25, 0.3) is 6.29 Å². The molecule has 0 aromatic heterocycles. The number of rotatable bonds is 69. The van der Waals surface area contributed by atoms with Crippen LogP contribution in [-0.2, 0) is 33.3 Å². The summed E-state index contributed by atoms with van der Waals surface area (Å²) in [6.45, 7) is 4.80. The summed E-state index contributed by atoms with van der Waals surface area (Å²) in [5, 5.41) is 9.75. The Bertz CT molecular complexity index is 1660. The fraction of sp³-hybridized carbons (Fsp3) is 0.808. The number of allylic oxidation sites excluding steroid dienone is 12. The van der Waals surface area contributed by atoms with Gasteiger partial charge in [0.2, 0.25) is 0 Å². The summed E-state index contributed by atoms with van der Waals surface area (Å²) in [7, 11) is 5.99. The van der Waals surface area contributed by atoms with E-state index in [9.17, 15) is 19.5 Å². The highest BCUT2D eigenvalue weighted by Gasteiger charge is 2.25. The number of ether oxygens (including phenoxy) is 4. The SMILES string of the molecule is CC/C=C\C/C=C\C/C=C\C/C=C\CCCCCCCCCCCCCCCCCCCCCCCCCCCCC(=O)OC(COC(=O)CCCCCCCCCCCCC/C=C\C/C=C\CCCCCCC)COC(OCC[N+](C)(C)C)C(=O)O. The Morgan fingerprint density at radius 2 is 0.655 bits per heavy atom. The largest absolute Gasteiger partial charge is 0.477 e. The van der Waals surface area contributed by atoms with Gasteiger partial charge in [-0.1, -0.05) is 324 Å². The number of unbranched alkanes of at least 4 members (excludes halogenated alkanes) is 42. The zero-order chi connectivity index (χ0) is 63.3. The van der Waals surface area contributed by atoms with E-state index in [-0.39, 0.29) is 38.2 Å². The lowest BCUT2D eigenvalue weighted by molar-refractivity contribution is -0.870. The molecule has 0 aliphatic heterocycles. The van der Waals surface area contributed by atoms with Gasteiger partial charge in [-0.15, -0.1) is 0 Å². The fourth-order valence-corrected chi connectivity index (χ4v) is 10.8. The van der Waals surface area contributed by atoms with Crippen LogP contribution in [0.3, 0.4) is 0 Å². The molecule has 0 saturated heterocycles. The molecule has 0 aliphatic rings. The Labute approximate surface area is 538 Å². The zero-order valence-electron chi connectivity index (χ0n) is 57.9. The van der Waals surface area contributed by atoms with Crippen LogP contribution in [0.4, 0.5) is 0 Å². The molecule has 2 atom stereocenters. The van der Waals surface area contributed by atoms with Gasteiger partial charge in [-0.2, -0.15) is 0 Å². The summed E-state index contributed by atoms with van der Waals surface area (Å²) in [5.41, 5.74) is 0. The van der Waals surface area contributed by atoms with Gasteiger partial charge < -0.3 is 28.5 Å². The molecule has 1 N–H and O–H groups in total. The molecular weight excluding hydrogens is 1080 g/mol. The van der Waals surface area contributed by atoms with Crippen LogP contribution in [0.5, 0.6) is 0 Å². The van der Waals surface area contributed by atoms with E-state index in [1.165, 1.54) is 250 Å². The van der Waals surface area contributed by atoms with Crippen molar-refractivity contribution in [1.82, 2.24) is 0 Å². The van der Waals surface area contributed by atoms with E-state index in [1.54, 1.807) is 0 Å². The highest BCUT2D eigenvalue weighted by atomic mass is 16.7. The van der Waals surface area contributed by atoms with Crippen LogP contribution in [0.1, 0.15) is 348 Å². The second-order valence-electron chi connectivity index (χ2n) is 26.2. The topological polar surface area (TPSA) is 108 Å². The van der Waals surface area contributed by atoms with Gasteiger partial charge >= 0.3 is 17.9 Å². The third kappa shape index (κ3) is 70.1. The minimum Gasteiger partial charge on any atom is -0.477 e. The molecule has 0 aliphatic carbocycles. The van der Waals surface area contributed by atoms with Crippen molar-refractivity contribution in [2.75, 3.05) is 47.5 Å². The van der Waals surface area contributed by atoms with Crippen molar-refractivity contribution in [2.24, 2.45) is 0 Å². The van der Waals surface area contributed by atoms with Gasteiger partial charge in [0, 0.05) is 12.8 Å². The van der Waals surface area contributed by atoms with Crippen LogP contribution >= 0.6 is 0 Å². The molecule has 506 valence electrons. The molecule has 0 radical (unpaired) electrons. The lowest BCUT2D eigenvalue weighted by Gasteiger charge is -2.25. The van der Waals surface area contributed by atoms with E-state index in [1.807, 2.05) is 21.1 Å². The minimum absolute atomic E-state index is 0.180. The van der Waals surface area contributed by atoms with Gasteiger partial charge in [0.1, 0.15) is 13.2 Å². The number of carboxylic acids is 1. The first-order valence-electron chi connectivity index (χ1n) is 37.1. The van der Waals surface area contributed by atoms with E-state index in [2.05, 4.69) is 86.8 Å². The number of carbonyl (C=O) groups excluding carboxylic acids is 2. The van der Waals surface area contributed by atoms with E-state index in [0.717, 1.165) is 70.6 Å². The molecule has 9 nitrogen and oxygen atoms in total. The fourth-order valence-electron chi connectivity index (χ4n) is 10.8. The number of quaternary nitrogens is 1. The van der Waals surface area contributed by atoms with Crippen molar-refractivity contribution in [2.45, 2.75) is 360 Å². The summed E-state index contributed by atoms with van der Waals surface area (Å²) in [4.78, 5) is 37.6. The molecule has 2 unspecified atom stereocenters. The molecule has 0 amide bonds. The summed E-state index contributed by atoms with van der Waals surface area (Å²) >= 11 is 0. The van der Waals surface area contributed by atoms with E-state index in [4.69, 9.17) is 18.9 Å². The maximum Gasteiger partial charge on any atom is 0.361 e. The third-order valence-corrected chi connectivity index (χ3v) is 16.4.